The van der Waals surface area contributed by atoms with E-state index < -0.39 is 0 Å². The van der Waals surface area contributed by atoms with E-state index in [0.717, 1.165) is 36.0 Å². The Hall–Kier alpha value is -2.59. The van der Waals surface area contributed by atoms with Crippen LogP contribution in [-0.4, -0.2) is 29.9 Å². The number of amides is 1. The summed E-state index contributed by atoms with van der Waals surface area (Å²) in [6.45, 7) is 2.35. The number of rotatable bonds is 7. The van der Waals surface area contributed by atoms with Crippen LogP contribution in [0.5, 0.6) is 0 Å². The molecule has 6 rings (SSSR count). The van der Waals surface area contributed by atoms with E-state index in [4.69, 9.17) is 4.42 Å². The molecule has 0 bridgehead atoms. The summed E-state index contributed by atoms with van der Waals surface area (Å²) in [5.41, 5.74) is 4.74. The number of carbonyl (C=O) groups is 1. The Morgan fingerprint density at radius 1 is 0.914 bits per heavy atom. The molecule has 1 amide bonds. The van der Waals surface area contributed by atoms with Crippen LogP contribution in [0.3, 0.4) is 0 Å². The van der Waals surface area contributed by atoms with Crippen LogP contribution in [-0.2, 0) is 0 Å². The molecule has 5 aliphatic rings. The molecular formula is C31H38N2O2. The van der Waals surface area contributed by atoms with Crippen molar-refractivity contribution in [3.8, 4) is 11.3 Å². The predicted molar refractivity (Wildman–Crippen MR) is 140 cm³/mol. The van der Waals surface area contributed by atoms with Crippen molar-refractivity contribution in [3.05, 3.63) is 71.5 Å². The molecule has 0 aromatic heterocycles. The van der Waals surface area contributed by atoms with Crippen molar-refractivity contribution in [1.29, 1.82) is 0 Å². The summed E-state index contributed by atoms with van der Waals surface area (Å²) in [6.07, 6.45) is 14.3. The Morgan fingerprint density at radius 3 is 2.54 bits per heavy atom. The Bertz CT molecular complexity index is 1090. The molecule has 35 heavy (non-hydrogen) atoms. The van der Waals surface area contributed by atoms with Crippen molar-refractivity contribution in [2.24, 2.45) is 5.92 Å². The number of nitrogens with one attached hydrogen (secondary N) is 1. The molecule has 1 saturated heterocycles. The standard InChI is InChI=1S/C31H38N2O2/c34-31(25-13-11-24(12-14-25)23-9-10-23)32-28-15-7-22(8-16-28)17-19-33-18-2-1-5-29(33)27-20-26-4-3-6-30(26)35-21-27/h3-4,6,11-14,20-23,28-29H,1-2,5,7-10,15-19H2,(H,32,34). The smallest absolute Gasteiger partial charge is 0.251 e. The van der Waals surface area contributed by atoms with Gasteiger partial charge in [0.05, 0.1) is 6.26 Å². The third-order valence-corrected chi connectivity index (χ3v) is 8.68. The molecular weight excluding hydrogens is 432 g/mol. The van der Waals surface area contributed by atoms with Crippen molar-refractivity contribution in [2.45, 2.75) is 82.2 Å². The summed E-state index contributed by atoms with van der Waals surface area (Å²) in [5, 5.41) is 3.31. The van der Waals surface area contributed by atoms with Gasteiger partial charge in [-0.2, -0.15) is 0 Å². The van der Waals surface area contributed by atoms with Gasteiger partial charge in [0.1, 0.15) is 5.76 Å². The highest BCUT2D eigenvalue weighted by molar-refractivity contribution is 5.94. The molecule has 2 aliphatic heterocycles. The van der Waals surface area contributed by atoms with Crippen LogP contribution >= 0.6 is 0 Å². The molecule has 1 N–H and O–H groups in total. The summed E-state index contributed by atoms with van der Waals surface area (Å²) < 4.78 is 5.91. The lowest BCUT2D eigenvalue weighted by Gasteiger charge is -2.37. The van der Waals surface area contributed by atoms with Gasteiger partial charge in [0.15, 0.2) is 0 Å². The van der Waals surface area contributed by atoms with E-state index in [9.17, 15) is 4.79 Å². The highest BCUT2D eigenvalue weighted by Crippen LogP contribution is 2.40. The summed E-state index contributed by atoms with van der Waals surface area (Å²) in [6, 6.07) is 17.7. The first-order chi connectivity index (χ1) is 17.2. The molecule has 0 spiro atoms. The predicted octanol–water partition coefficient (Wildman–Crippen LogP) is 7.17. The van der Waals surface area contributed by atoms with E-state index in [-0.39, 0.29) is 5.91 Å². The second kappa shape index (κ2) is 10.2. The highest BCUT2D eigenvalue weighted by atomic mass is 16.3. The van der Waals surface area contributed by atoms with Gasteiger partial charge in [-0.15, -0.1) is 0 Å². The number of piperidine rings is 1. The van der Waals surface area contributed by atoms with E-state index >= 15 is 0 Å². The molecule has 1 aromatic carbocycles. The van der Waals surface area contributed by atoms with Crippen LogP contribution in [0.25, 0.3) is 11.3 Å². The zero-order valence-corrected chi connectivity index (χ0v) is 20.8. The maximum absolute atomic E-state index is 12.7. The largest absolute Gasteiger partial charge is 0.464 e. The van der Waals surface area contributed by atoms with E-state index in [1.807, 2.05) is 24.5 Å². The number of nitrogens with zero attached hydrogens (tertiary/aromatic N) is 1. The normalized spacial score (nSPS) is 25.5. The van der Waals surface area contributed by atoms with E-state index in [1.165, 1.54) is 81.1 Å². The van der Waals surface area contributed by atoms with Gasteiger partial charge < -0.3 is 9.73 Å². The fraction of sp³-hybridized carbons (Fsp3) is 0.516. The van der Waals surface area contributed by atoms with Gasteiger partial charge in [0.2, 0.25) is 0 Å². The lowest BCUT2D eigenvalue weighted by molar-refractivity contribution is 0.0915. The number of fused-ring (bicyclic) bond motifs is 1. The fourth-order valence-electron chi connectivity index (χ4n) is 6.34. The molecule has 184 valence electrons. The lowest BCUT2D eigenvalue weighted by atomic mass is 9.83. The highest BCUT2D eigenvalue weighted by Gasteiger charge is 2.28. The summed E-state index contributed by atoms with van der Waals surface area (Å²) >= 11 is 0. The summed E-state index contributed by atoms with van der Waals surface area (Å²) in [5.74, 6) is 2.59. The second-order valence-electron chi connectivity index (χ2n) is 11.1. The monoisotopic (exact) mass is 470 g/mol. The Kier molecular flexibility index (Phi) is 6.65. The van der Waals surface area contributed by atoms with Crippen molar-refractivity contribution in [3.63, 3.8) is 0 Å². The van der Waals surface area contributed by atoms with E-state index in [1.54, 1.807) is 0 Å². The van der Waals surface area contributed by atoms with Gasteiger partial charge in [0.25, 0.3) is 5.91 Å². The molecule has 1 atom stereocenters. The van der Waals surface area contributed by atoms with Crippen LogP contribution in [0.4, 0.5) is 0 Å². The topological polar surface area (TPSA) is 45.5 Å². The van der Waals surface area contributed by atoms with Crippen LogP contribution in [0.1, 0.15) is 97.7 Å². The first-order valence-electron chi connectivity index (χ1n) is 13.8. The van der Waals surface area contributed by atoms with Gasteiger partial charge in [0, 0.05) is 28.8 Å². The maximum Gasteiger partial charge on any atom is 0.251 e. The van der Waals surface area contributed by atoms with E-state index in [0.29, 0.717) is 12.1 Å². The lowest BCUT2D eigenvalue weighted by Crippen LogP contribution is -2.39. The van der Waals surface area contributed by atoms with Crippen LogP contribution < -0.4 is 5.32 Å². The number of carbonyl (C=O) groups excluding carboxylic acids is 1. The zero-order valence-electron chi connectivity index (χ0n) is 20.8. The molecule has 3 aliphatic carbocycles. The fourth-order valence-corrected chi connectivity index (χ4v) is 6.34. The molecule has 4 heteroatoms. The average Bonchev–Trinajstić information content (AvgIpc) is 3.65. The van der Waals surface area contributed by atoms with Crippen molar-refractivity contribution < 1.29 is 9.21 Å². The molecule has 1 aromatic rings. The van der Waals surface area contributed by atoms with Crippen molar-refractivity contribution in [2.75, 3.05) is 13.1 Å². The van der Waals surface area contributed by atoms with Gasteiger partial charge in [-0.05, 0) is 113 Å². The molecule has 0 radical (unpaired) electrons. The van der Waals surface area contributed by atoms with Crippen LogP contribution in [0.15, 0.2) is 59.2 Å². The number of benzene rings is 1. The summed E-state index contributed by atoms with van der Waals surface area (Å²) in [4.78, 5) is 15.4. The number of likely N-dealkylation sites (tertiary alicyclic amines) is 1. The minimum atomic E-state index is 0.0964. The summed E-state index contributed by atoms with van der Waals surface area (Å²) in [7, 11) is 0. The number of hydrogen-bond acceptors (Lipinski definition) is 3. The Balaban J connectivity index is 0.982. The van der Waals surface area contributed by atoms with Crippen LogP contribution in [0, 0.1) is 5.92 Å². The van der Waals surface area contributed by atoms with Crippen molar-refractivity contribution in [1.82, 2.24) is 10.2 Å². The molecule has 1 unspecified atom stereocenters. The minimum Gasteiger partial charge on any atom is -0.464 e. The SMILES string of the molecule is O=C(NC1CCC(CCN2CCCCC2c2coc3cccc-3c2)CC1)c1ccc(C2CC2)cc1. The maximum atomic E-state index is 12.7. The minimum absolute atomic E-state index is 0.0964. The zero-order chi connectivity index (χ0) is 23.6. The average molecular weight is 471 g/mol. The Labute approximate surface area is 209 Å². The Morgan fingerprint density at radius 2 is 1.74 bits per heavy atom. The third kappa shape index (κ3) is 5.33. The first-order valence-corrected chi connectivity index (χ1v) is 13.8. The quantitative estimate of drug-likeness (QED) is 0.398. The molecule has 2 heterocycles. The van der Waals surface area contributed by atoms with Crippen molar-refractivity contribution >= 4 is 5.91 Å². The second-order valence-corrected chi connectivity index (χ2v) is 11.1. The van der Waals surface area contributed by atoms with Gasteiger partial charge >= 0.3 is 0 Å². The number of hydrogen-bond donors (Lipinski definition) is 1. The molecule has 4 nitrogen and oxygen atoms in total. The van der Waals surface area contributed by atoms with E-state index in [2.05, 4.69) is 40.5 Å². The molecule has 2 saturated carbocycles. The van der Waals surface area contributed by atoms with Gasteiger partial charge in [-0.3, -0.25) is 9.69 Å². The first kappa shape index (κ1) is 22.8. The van der Waals surface area contributed by atoms with Gasteiger partial charge in [-0.25, -0.2) is 0 Å². The molecule has 3 fully saturated rings. The van der Waals surface area contributed by atoms with Gasteiger partial charge in [-0.1, -0.05) is 30.7 Å². The van der Waals surface area contributed by atoms with Crippen LogP contribution in [0.2, 0.25) is 0 Å². The third-order valence-electron chi connectivity index (χ3n) is 8.68.